The molecule has 0 fully saturated rings. The molecule has 0 heterocycles. The summed E-state index contributed by atoms with van der Waals surface area (Å²) in [6, 6.07) is 6.88. The van der Waals surface area contributed by atoms with Crippen molar-refractivity contribution < 1.29 is 13.0 Å². The SMILES string of the molecule is CCCCCCCCCC(CCCCCCCC)c1ccc(S(=O)(=O)O)cc1. The van der Waals surface area contributed by atoms with Gasteiger partial charge in [-0.05, 0) is 36.5 Å². The first-order valence-corrected chi connectivity index (χ1v) is 13.0. The Kier molecular flexibility index (Phi) is 13.5. The van der Waals surface area contributed by atoms with Crippen LogP contribution in [0.4, 0.5) is 0 Å². The molecule has 0 bridgehead atoms. The lowest BCUT2D eigenvalue weighted by molar-refractivity contribution is 0.481. The number of benzene rings is 1. The van der Waals surface area contributed by atoms with E-state index in [-0.39, 0.29) is 4.90 Å². The first-order valence-electron chi connectivity index (χ1n) is 11.6. The van der Waals surface area contributed by atoms with E-state index in [0.717, 1.165) is 0 Å². The van der Waals surface area contributed by atoms with Crippen molar-refractivity contribution in [1.29, 1.82) is 0 Å². The van der Waals surface area contributed by atoms with Gasteiger partial charge in [-0.2, -0.15) is 8.42 Å². The average Bonchev–Trinajstić information content (AvgIpc) is 2.67. The quantitative estimate of drug-likeness (QED) is 0.210. The number of hydrogen-bond donors (Lipinski definition) is 1. The fourth-order valence-electron chi connectivity index (χ4n) is 3.91. The summed E-state index contributed by atoms with van der Waals surface area (Å²) in [7, 11) is -4.11. The van der Waals surface area contributed by atoms with Gasteiger partial charge in [0.15, 0.2) is 0 Å². The van der Waals surface area contributed by atoms with Crippen LogP contribution in [0.1, 0.15) is 122 Å². The first-order chi connectivity index (χ1) is 13.5. The molecule has 0 aliphatic heterocycles. The minimum absolute atomic E-state index is 0.00881. The minimum Gasteiger partial charge on any atom is -0.282 e. The molecule has 162 valence electrons. The van der Waals surface area contributed by atoms with Crippen LogP contribution in [0.25, 0.3) is 0 Å². The summed E-state index contributed by atoms with van der Waals surface area (Å²) in [5.74, 6) is 0.497. The van der Waals surface area contributed by atoms with E-state index in [1.165, 1.54) is 102 Å². The smallest absolute Gasteiger partial charge is 0.282 e. The molecule has 0 spiro atoms. The van der Waals surface area contributed by atoms with E-state index in [2.05, 4.69) is 13.8 Å². The van der Waals surface area contributed by atoms with Crippen molar-refractivity contribution >= 4 is 10.1 Å². The lowest BCUT2D eigenvalue weighted by atomic mass is 9.88. The molecule has 0 amide bonds. The predicted molar refractivity (Wildman–Crippen MR) is 120 cm³/mol. The highest BCUT2D eigenvalue weighted by Crippen LogP contribution is 2.29. The summed E-state index contributed by atoms with van der Waals surface area (Å²) in [5, 5.41) is 0. The molecule has 0 aromatic heterocycles. The first kappa shape index (κ1) is 25.2. The Labute approximate surface area is 174 Å². The van der Waals surface area contributed by atoms with E-state index in [4.69, 9.17) is 0 Å². The van der Waals surface area contributed by atoms with Gasteiger partial charge in [0.25, 0.3) is 10.1 Å². The molecule has 0 radical (unpaired) electrons. The Bertz CT molecular complexity index is 593. The molecular formula is C24H42O3S. The van der Waals surface area contributed by atoms with Gasteiger partial charge in [-0.15, -0.1) is 0 Å². The van der Waals surface area contributed by atoms with Crippen molar-refractivity contribution in [2.75, 3.05) is 0 Å². The summed E-state index contributed by atoms with van der Waals surface area (Å²) < 4.78 is 31.8. The predicted octanol–water partition coefficient (Wildman–Crippen LogP) is 7.91. The Hall–Kier alpha value is -0.870. The molecule has 28 heavy (non-hydrogen) atoms. The maximum atomic E-state index is 11.3. The zero-order valence-electron chi connectivity index (χ0n) is 18.2. The van der Waals surface area contributed by atoms with E-state index in [9.17, 15) is 13.0 Å². The van der Waals surface area contributed by atoms with Gasteiger partial charge in [-0.3, -0.25) is 4.55 Å². The zero-order chi connectivity index (χ0) is 20.7. The van der Waals surface area contributed by atoms with Crippen LogP contribution >= 0.6 is 0 Å². The molecule has 0 aliphatic rings. The summed E-state index contributed by atoms with van der Waals surface area (Å²) in [6.45, 7) is 4.49. The monoisotopic (exact) mass is 410 g/mol. The third-order valence-corrected chi connectivity index (χ3v) is 6.58. The number of unbranched alkanes of at least 4 members (excludes halogenated alkanes) is 11. The molecule has 1 aromatic carbocycles. The lowest BCUT2D eigenvalue weighted by Crippen LogP contribution is -2.02. The molecule has 0 saturated heterocycles. The van der Waals surface area contributed by atoms with Gasteiger partial charge in [-0.25, -0.2) is 0 Å². The van der Waals surface area contributed by atoms with Crippen molar-refractivity contribution in [2.24, 2.45) is 0 Å². The second-order valence-electron chi connectivity index (χ2n) is 8.21. The van der Waals surface area contributed by atoms with E-state index in [1.54, 1.807) is 12.1 Å². The van der Waals surface area contributed by atoms with Gasteiger partial charge in [0.1, 0.15) is 0 Å². The van der Waals surface area contributed by atoms with Crippen LogP contribution in [-0.2, 0) is 10.1 Å². The molecule has 1 unspecified atom stereocenters. The van der Waals surface area contributed by atoms with Crippen LogP contribution in [0.2, 0.25) is 0 Å². The molecule has 1 rings (SSSR count). The second-order valence-corrected chi connectivity index (χ2v) is 9.63. The average molecular weight is 411 g/mol. The highest BCUT2D eigenvalue weighted by molar-refractivity contribution is 7.85. The van der Waals surface area contributed by atoms with Crippen molar-refractivity contribution in [1.82, 2.24) is 0 Å². The molecule has 1 N–H and O–H groups in total. The lowest BCUT2D eigenvalue weighted by Gasteiger charge is -2.18. The number of hydrogen-bond acceptors (Lipinski definition) is 2. The minimum atomic E-state index is -4.11. The van der Waals surface area contributed by atoms with Gasteiger partial charge in [0.2, 0.25) is 0 Å². The Morgan fingerprint density at radius 2 is 1.07 bits per heavy atom. The van der Waals surface area contributed by atoms with Crippen LogP contribution in [0.15, 0.2) is 29.2 Å². The maximum absolute atomic E-state index is 11.3. The highest BCUT2D eigenvalue weighted by atomic mass is 32.2. The third kappa shape index (κ3) is 11.2. The topological polar surface area (TPSA) is 54.4 Å². The second kappa shape index (κ2) is 15.0. The van der Waals surface area contributed by atoms with Crippen LogP contribution in [0, 0.1) is 0 Å². The molecule has 1 aromatic rings. The van der Waals surface area contributed by atoms with Crippen LogP contribution in [0.3, 0.4) is 0 Å². The summed E-state index contributed by atoms with van der Waals surface area (Å²) in [5.41, 5.74) is 1.21. The van der Waals surface area contributed by atoms with E-state index in [1.807, 2.05) is 12.1 Å². The van der Waals surface area contributed by atoms with Gasteiger partial charge >= 0.3 is 0 Å². The van der Waals surface area contributed by atoms with E-state index in [0.29, 0.717) is 5.92 Å². The molecular weight excluding hydrogens is 368 g/mol. The molecule has 0 saturated carbocycles. The number of rotatable bonds is 17. The Morgan fingerprint density at radius 3 is 1.46 bits per heavy atom. The molecule has 3 nitrogen and oxygen atoms in total. The third-order valence-electron chi connectivity index (χ3n) is 5.71. The standard InChI is InChI=1S/C24H42O3S/c1-3-5-7-9-11-13-15-17-22(16-14-12-10-8-6-4-2)23-18-20-24(21-19-23)28(25,26)27/h18-22H,3-17H2,1-2H3,(H,25,26,27). The fraction of sp³-hybridized carbons (Fsp3) is 0.750. The molecule has 0 aliphatic carbocycles. The largest absolute Gasteiger partial charge is 0.294 e. The molecule has 4 heteroatoms. The summed E-state index contributed by atoms with van der Waals surface area (Å²) >= 11 is 0. The van der Waals surface area contributed by atoms with Crippen LogP contribution in [-0.4, -0.2) is 13.0 Å². The maximum Gasteiger partial charge on any atom is 0.294 e. The van der Waals surface area contributed by atoms with Gasteiger partial charge < -0.3 is 0 Å². The van der Waals surface area contributed by atoms with Gasteiger partial charge in [0.05, 0.1) is 4.90 Å². The van der Waals surface area contributed by atoms with Gasteiger partial charge in [0, 0.05) is 0 Å². The fourth-order valence-corrected chi connectivity index (χ4v) is 4.39. The summed E-state index contributed by atoms with van der Waals surface area (Å²) in [4.78, 5) is -0.00881. The van der Waals surface area contributed by atoms with Crippen LogP contribution in [0.5, 0.6) is 0 Å². The van der Waals surface area contributed by atoms with Crippen molar-refractivity contribution in [3.63, 3.8) is 0 Å². The highest BCUT2D eigenvalue weighted by Gasteiger charge is 2.14. The summed E-state index contributed by atoms with van der Waals surface area (Å²) in [6.07, 6.45) is 19.3. The van der Waals surface area contributed by atoms with E-state index < -0.39 is 10.1 Å². The van der Waals surface area contributed by atoms with E-state index >= 15 is 0 Å². The van der Waals surface area contributed by atoms with Crippen molar-refractivity contribution in [3.05, 3.63) is 29.8 Å². The normalized spacial score (nSPS) is 13.0. The Balaban J connectivity index is 2.52. The van der Waals surface area contributed by atoms with Gasteiger partial charge in [-0.1, -0.05) is 109 Å². The Morgan fingerprint density at radius 1 is 0.679 bits per heavy atom. The van der Waals surface area contributed by atoms with Crippen molar-refractivity contribution in [3.8, 4) is 0 Å². The van der Waals surface area contributed by atoms with Crippen molar-refractivity contribution in [2.45, 2.75) is 121 Å². The van der Waals surface area contributed by atoms with Crippen LogP contribution < -0.4 is 0 Å². The molecule has 1 atom stereocenters. The zero-order valence-corrected chi connectivity index (χ0v) is 19.0.